The molecule has 0 fully saturated rings. The third kappa shape index (κ3) is 1.08. The van der Waals surface area contributed by atoms with Crippen LogP contribution in [-0.2, 0) is 17.9 Å². The number of nitrogens with one attached hydrogen (secondary N) is 1. The fourth-order valence-electron chi connectivity index (χ4n) is 1.31. The van der Waals surface area contributed by atoms with E-state index in [1.807, 2.05) is 6.07 Å². The standard InChI is InChI=1S/C7H9N3O2/c11-7(12)6-4-10-5(3-8-6)1-2-9-10/h1-2,6,8H,3-4H2,(H,11,12). The first-order valence-electron chi connectivity index (χ1n) is 3.74. The molecular weight excluding hydrogens is 158 g/mol. The second-order valence-electron chi connectivity index (χ2n) is 2.78. The van der Waals surface area contributed by atoms with E-state index in [4.69, 9.17) is 5.11 Å². The molecule has 5 heteroatoms. The topological polar surface area (TPSA) is 67.1 Å². The van der Waals surface area contributed by atoms with E-state index in [0.29, 0.717) is 13.1 Å². The highest BCUT2D eigenvalue weighted by atomic mass is 16.4. The number of rotatable bonds is 1. The van der Waals surface area contributed by atoms with Crippen molar-refractivity contribution in [2.75, 3.05) is 0 Å². The van der Waals surface area contributed by atoms with Crippen LogP contribution in [0.5, 0.6) is 0 Å². The van der Waals surface area contributed by atoms with E-state index in [1.54, 1.807) is 10.9 Å². The van der Waals surface area contributed by atoms with E-state index in [-0.39, 0.29) is 0 Å². The van der Waals surface area contributed by atoms with Crippen LogP contribution in [0.25, 0.3) is 0 Å². The second-order valence-corrected chi connectivity index (χ2v) is 2.78. The Hall–Kier alpha value is -1.36. The minimum atomic E-state index is -0.823. The Morgan fingerprint density at radius 2 is 2.67 bits per heavy atom. The number of aliphatic carboxylic acids is 1. The van der Waals surface area contributed by atoms with Gasteiger partial charge in [-0.2, -0.15) is 5.10 Å². The van der Waals surface area contributed by atoms with Crippen LogP contribution < -0.4 is 5.32 Å². The van der Waals surface area contributed by atoms with Crippen molar-refractivity contribution < 1.29 is 9.90 Å². The van der Waals surface area contributed by atoms with Gasteiger partial charge in [0.2, 0.25) is 0 Å². The SMILES string of the molecule is O=C(O)C1Cn2nccc2CN1. The normalized spacial score (nSPS) is 21.8. The monoisotopic (exact) mass is 167 g/mol. The fraction of sp³-hybridized carbons (Fsp3) is 0.429. The van der Waals surface area contributed by atoms with Crippen LogP contribution in [0.1, 0.15) is 5.69 Å². The van der Waals surface area contributed by atoms with Crippen molar-refractivity contribution in [3.05, 3.63) is 18.0 Å². The van der Waals surface area contributed by atoms with Gasteiger partial charge in [-0.25, -0.2) is 0 Å². The van der Waals surface area contributed by atoms with Gasteiger partial charge in [-0.05, 0) is 6.07 Å². The molecule has 0 spiro atoms. The van der Waals surface area contributed by atoms with Gasteiger partial charge in [-0.3, -0.25) is 14.8 Å². The maximum Gasteiger partial charge on any atom is 0.322 e. The van der Waals surface area contributed by atoms with E-state index in [9.17, 15) is 4.79 Å². The maximum absolute atomic E-state index is 10.6. The second kappa shape index (κ2) is 2.60. The maximum atomic E-state index is 10.6. The van der Waals surface area contributed by atoms with Gasteiger partial charge < -0.3 is 5.11 Å². The number of fused-ring (bicyclic) bond motifs is 1. The quantitative estimate of drug-likeness (QED) is 0.588. The summed E-state index contributed by atoms with van der Waals surface area (Å²) < 4.78 is 1.72. The van der Waals surface area contributed by atoms with Crippen LogP contribution in [0.4, 0.5) is 0 Å². The largest absolute Gasteiger partial charge is 0.480 e. The number of carbonyl (C=O) groups is 1. The highest BCUT2D eigenvalue weighted by molar-refractivity contribution is 5.73. The van der Waals surface area contributed by atoms with Crippen molar-refractivity contribution in [1.82, 2.24) is 15.1 Å². The lowest BCUT2D eigenvalue weighted by atomic mass is 10.2. The number of carboxylic acid groups (broad SMARTS) is 1. The first-order valence-corrected chi connectivity index (χ1v) is 3.74. The van der Waals surface area contributed by atoms with Crippen molar-refractivity contribution in [3.63, 3.8) is 0 Å². The number of nitrogens with zero attached hydrogens (tertiary/aromatic N) is 2. The molecule has 0 aliphatic carbocycles. The third-order valence-corrected chi connectivity index (χ3v) is 1.99. The van der Waals surface area contributed by atoms with Gasteiger partial charge in [0.05, 0.1) is 12.2 Å². The number of carboxylic acids is 1. The molecule has 12 heavy (non-hydrogen) atoms. The summed E-state index contributed by atoms with van der Waals surface area (Å²) in [5.74, 6) is -0.823. The molecule has 2 heterocycles. The molecule has 5 nitrogen and oxygen atoms in total. The predicted molar refractivity (Wildman–Crippen MR) is 40.5 cm³/mol. The van der Waals surface area contributed by atoms with Crippen LogP contribution in [-0.4, -0.2) is 26.9 Å². The summed E-state index contributed by atoms with van der Waals surface area (Å²) in [4.78, 5) is 10.6. The van der Waals surface area contributed by atoms with Gasteiger partial charge in [-0.1, -0.05) is 0 Å². The van der Waals surface area contributed by atoms with Gasteiger partial charge in [0.25, 0.3) is 0 Å². The van der Waals surface area contributed by atoms with E-state index in [1.165, 1.54) is 0 Å². The molecule has 1 atom stereocenters. The van der Waals surface area contributed by atoms with Crippen molar-refractivity contribution in [3.8, 4) is 0 Å². The first-order chi connectivity index (χ1) is 5.77. The first kappa shape index (κ1) is 7.30. The predicted octanol–water partition coefficient (Wildman–Crippen LogP) is -0.561. The van der Waals surface area contributed by atoms with E-state index >= 15 is 0 Å². The summed E-state index contributed by atoms with van der Waals surface area (Å²) in [5.41, 5.74) is 1.03. The summed E-state index contributed by atoms with van der Waals surface area (Å²) in [5, 5.41) is 15.6. The highest BCUT2D eigenvalue weighted by Crippen LogP contribution is 2.06. The molecule has 0 bridgehead atoms. The zero-order valence-corrected chi connectivity index (χ0v) is 6.40. The molecule has 2 N–H and O–H groups in total. The zero-order valence-electron chi connectivity index (χ0n) is 6.40. The van der Waals surface area contributed by atoms with Gasteiger partial charge in [0, 0.05) is 12.7 Å². The highest BCUT2D eigenvalue weighted by Gasteiger charge is 2.23. The van der Waals surface area contributed by atoms with Crippen molar-refractivity contribution >= 4 is 5.97 Å². The minimum absolute atomic E-state index is 0.414. The van der Waals surface area contributed by atoms with Crippen molar-refractivity contribution in [2.45, 2.75) is 19.1 Å². The number of hydrogen-bond donors (Lipinski definition) is 2. The van der Waals surface area contributed by atoms with Gasteiger partial charge >= 0.3 is 5.97 Å². The minimum Gasteiger partial charge on any atom is -0.480 e. The lowest BCUT2D eigenvalue weighted by molar-refractivity contribution is -0.140. The molecular formula is C7H9N3O2. The molecule has 1 aromatic rings. The van der Waals surface area contributed by atoms with Crippen LogP contribution in [0.2, 0.25) is 0 Å². The smallest absolute Gasteiger partial charge is 0.322 e. The molecule has 1 unspecified atom stereocenters. The zero-order chi connectivity index (χ0) is 8.55. The molecule has 1 aliphatic heterocycles. The van der Waals surface area contributed by atoms with Gasteiger partial charge in [-0.15, -0.1) is 0 Å². The summed E-state index contributed by atoms with van der Waals surface area (Å²) in [7, 11) is 0. The Morgan fingerprint density at radius 3 is 3.42 bits per heavy atom. The summed E-state index contributed by atoms with van der Waals surface area (Å²) in [6.45, 7) is 0.995. The molecule has 0 saturated heterocycles. The molecule has 1 aromatic heterocycles. The fourth-order valence-corrected chi connectivity index (χ4v) is 1.31. The van der Waals surface area contributed by atoms with Crippen molar-refractivity contribution in [1.29, 1.82) is 0 Å². The lowest BCUT2D eigenvalue weighted by Gasteiger charge is -2.21. The van der Waals surface area contributed by atoms with Crippen LogP contribution in [0, 0.1) is 0 Å². The molecule has 64 valence electrons. The van der Waals surface area contributed by atoms with Crippen LogP contribution in [0.3, 0.4) is 0 Å². The van der Waals surface area contributed by atoms with Crippen LogP contribution >= 0.6 is 0 Å². The Balaban J connectivity index is 2.20. The van der Waals surface area contributed by atoms with E-state index in [0.717, 1.165) is 5.69 Å². The van der Waals surface area contributed by atoms with Crippen molar-refractivity contribution in [2.24, 2.45) is 0 Å². The van der Waals surface area contributed by atoms with E-state index < -0.39 is 12.0 Å². The summed E-state index contributed by atoms with van der Waals surface area (Å²) >= 11 is 0. The van der Waals surface area contributed by atoms with Crippen LogP contribution in [0.15, 0.2) is 12.3 Å². The molecule has 0 radical (unpaired) electrons. The number of hydrogen-bond acceptors (Lipinski definition) is 3. The Kier molecular flexibility index (Phi) is 1.58. The summed E-state index contributed by atoms with van der Waals surface area (Å²) in [6, 6.07) is 1.38. The van der Waals surface area contributed by atoms with Gasteiger partial charge in [0.1, 0.15) is 6.04 Å². The molecule has 1 aliphatic rings. The molecule has 0 saturated carbocycles. The Labute approximate surface area is 69.0 Å². The molecule has 0 aromatic carbocycles. The van der Waals surface area contributed by atoms with Gasteiger partial charge in [0.15, 0.2) is 0 Å². The molecule has 2 rings (SSSR count). The Bertz CT molecular complexity index is 307. The Morgan fingerprint density at radius 1 is 1.83 bits per heavy atom. The number of aromatic nitrogens is 2. The average Bonchev–Trinajstić information content (AvgIpc) is 2.49. The third-order valence-electron chi connectivity index (χ3n) is 1.99. The average molecular weight is 167 g/mol. The lowest BCUT2D eigenvalue weighted by Crippen LogP contribution is -2.44. The summed E-state index contributed by atoms with van der Waals surface area (Å²) in [6.07, 6.45) is 1.68. The van der Waals surface area contributed by atoms with E-state index in [2.05, 4.69) is 10.4 Å². The molecule has 0 amide bonds.